The van der Waals surface area contributed by atoms with Crippen molar-refractivity contribution in [2.45, 2.75) is 25.6 Å². The first kappa shape index (κ1) is 19.2. The molecule has 4 nitrogen and oxygen atoms in total. The monoisotopic (exact) mass is 382 g/mol. The fourth-order valence-electron chi connectivity index (χ4n) is 3.13. The van der Waals surface area contributed by atoms with E-state index in [0.29, 0.717) is 30.5 Å². The summed E-state index contributed by atoms with van der Waals surface area (Å²) in [6, 6.07) is 6.16. The minimum Gasteiger partial charge on any atom is -0.495 e. The first-order valence-electron chi connectivity index (χ1n) is 8.34. The number of hydrogen-bond donors (Lipinski definition) is 2. The number of rotatable bonds is 4. The largest absolute Gasteiger partial charge is 0.495 e. The van der Waals surface area contributed by atoms with Crippen molar-refractivity contribution in [3.05, 3.63) is 58.4 Å². The maximum atomic E-state index is 13.7. The number of halogens is 4. The van der Waals surface area contributed by atoms with Crippen LogP contribution in [0.5, 0.6) is 5.75 Å². The Kier molecular flexibility index (Phi) is 5.36. The van der Waals surface area contributed by atoms with E-state index in [4.69, 9.17) is 4.74 Å². The van der Waals surface area contributed by atoms with E-state index in [0.717, 1.165) is 29.8 Å². The molecule has 0 atom stereocenters. The highest BCUT2D eigenvalue weighted by molar-refractivity contribution is 5.95. The summed E-state index contributed by atoms with van der Waals surface area (Å²) in [6.45, 7) is 1.43. The summed E-state index contributed by atoms with van der Waals surface area (Å²) in [5, 5.41) is 6.00. The topological polar surface area (TPSA) is 50.4 Å². The molecule has 0 unspecified atom stereocenters. The molecule has 1 amide bonds. The van der Waals surface area contributed by atoms with Gasteiger partial charge in [0.05, 0.1) is 24.8 Å². The van der Waals surface area contributed by atoms with Crippen molar-refractivity contribution < 1.29 is 27.1 Å². The van der Waals surface area contributed by atoms with Gasteiger partial charge in [0.2, 0.25) is 5.91 Å². The molecule has 0 aliphatic carbocycles. The third kappa shape index (κ3) is 4.21. The Morgan fingerprint density at radius 2 is 2.04 bits per heavy atom. The maximum absolute atomic E-state index is 13.7. The molecule has 0 saturated heterocycles. The van der Waals surface area contributed by atoms with Gasteiger partial charge in [0.15, 0.2) is 0 Å². The molecular weight excluding hydrogens is 364 g/mol. The summed E-state index contributed by atoms with van der Waals surface area (Å²) < 4.78 is 56.9. The van der Waals surface area contributed by atoms with Gasteiger partial charge in [0.1, 0.15) is 11.6 Å². The second-order valence-corrected chi connectivity index (χ2v) is 6.24. The van der Waals surface area contributed by atoms with Gasteiger partial charge in [-0.2, -0.15) is 13.2 Å². The van der Waals surface area contributed by atoms with Crippen LogP contribution in [0.15, 0.2) is 30.3 Å². The van der Waals surface area contributed by atoms with Gasteiger partial charge in [0, 0.05) is 6.54 Å². The van der Waals surface area contributed by atoms with Crippen LogP contribution in [0.2, 0.25) is 0 Å². The standard InChI is InChI=1S/C19H18F4N2O2/c1-27-16-5-3-12-10-24-7-6-13(12)18(16)25-17(26)9-11-2-4-14(15(20)8-11)19(21,22)23/h2-5,8,24H,6-7,9-10H2,1H3,(H,25,26). The molecule has 1 aliphatic rings. The molecule has 8 heteroatoms. The highest BCUT2D eigenvalue weighted by Crippen LogP contribution is 2.34. The SMILES string of the molecule is COc1ccc2c(c1NC(=O)Cc1ccc(C(F)(F)F)c(F)c1)CCNC2. The van der Waals surface area contributed by atoms with Crippen molar-refractivity contribution in [3.8, 4) is 5.75 Å². The van der Waals surface area contributed by atoms with E-state index in [1.807, 2.05) is 6.07 Å². The summed E-state index contributed by atoms with van der Waals surface area (Å²) in [5.41, 5.74) is 1.35. The van der Waals surface area contributed by atoms with Gasteiger partial charge in [-0.3, -0.25) is 4.79 Å². The summed E-state index contributed by atoms with van der Waals surface area (Å²) in [6.07, 6.45) is -4.31. The number of nitrogens with one attached hydrogen (secondary N) is 2. The molecular formula is C19H18F4N2O2. The van der Waals surface area contributed by atoms with E-state index in [1.165, 1.54) is 7.11 Å². The zero-order valence-electron chi connectivity index (χ0n) is 14.5. The highest BCUT2D eigenvalue weighted by atomic mass is 19.4. The van der Waals surface area contributed by atoms with Gasteiger partial charge in [0.25, 0.3) is 0 Å². The van der Waals surface area contributed by atoms with E-state index in [-0.39, 0.29) is 12.0 Å². The van der Waals surface area contributed by atoms with Crippen LogP contribution in [-0.4, -0.2) is 19.6 Å². The molecule has 1 aliphatic heterocycles. The number of amides is 1. The molecule has 0 saturated carbocycles. The summed E-state index contributed by atoms with van der Waals surface area (Å²) in [5.74, 6) is -1.35. The number of ether oxygens (including phenoxy) is 1. The number of benzene rings is 2. The van der Waals surface area contributed by atoms with Crippen molar-refractivity contribution in [1.82, 2.24) is 5.32 Å². The van der Waals surface area contributed by atoms with E-state index in [1.54, 1.807) is 6.07 Å². The van der Waals surface area contributed by atoms with Gasteiger partial charge >= 0.3 is 6.18 Å². The number of hydrogen-bond acceptors (Lipinski definition) is 3. The Bertz CT molecular complexity index is 866. The molecule has 0 bridgehead atoms. The molecule has 0 radical (unpaired) electrons. The van der Waals surface area contributed by atoms with Gasteiger partial charge in [-0.1, -0.05) is 12.1 Å². The van der Waals surface area contributed by atoms with Crippen LogP contribution in [0.25, 0.3) is 0 Å². The molecule has 0 aromatic heterocycles. The molecule has 3 rings (SSSR count). The number of fused-ring (bicyclic) bond motifs is 1. The summed E-state index contributed by atoms with van der Waals surface area (Å²) >= 11 is 0. The first-order valence-corrected chi connectivity index (χ1v) is 8.34. The number of carbonyl (C=O) groups excluding carboxylic acids is 1. The Morgan fingerprint density at radius 3 is 2.70 bits per heavy atom. The van der Waals surface area contributed by atoms with Crippen molar-refractivity contribution >= 4 is 11.6 Å². The zero-order chi connectivity index (χ0) is 19.6. The van der Waals surface area contributed by atoms with Crippen LogP contribution in [0.3, 0.4) is 0 Å². The van der Waals surface area contributed by atoms with E-state index < -0.39 is 23.5 Å². The molecule has 2 N–H and O–H groups in total. The van der Waals surface area contributed by atoms with Crippen LogP contribution in [0.1, 0.15) is 22.3 Å². The average molecular weight is 382 g/mol. The Morgan fingerprint density at radius 1 is 1.26 bits per heavy atom. The molecule has 1 heterocycles. The predicted molar refractivity (Wildman–Crippen MR) is 92.1 cm³/mol. The van der Waals surface area contributed by atoms with Crippen LogP contribution in [0, 0.1) is 5.82 Å². The highest BCUT2D eigenvalue weighted by Gasteiger charge is 2.34. The van der Waals surface area contributed by atoms with Gasteiger partial charge in [-0.25, -0.2) is 4.39 Å². The van der Waals surface area contributed by atoms with E-state index >= 15 is 0 Å². The fraction of sp³-hybridized carbons (Fsp3) is 0.316. The minimum absolute atomic E-state index is 0.156. The average Bonchev–Trinajstić information content (AvgIpc) is 2.61. The third-order valence-electron chi connectivity index (χ3n) is 4.43. The van der Waals surface area contributed by atoms with Crippen LogP contribution in [-0.2, 0) is 30.4 Å². The molecule has 0 fully saturated rings. The Hall–Kier alpha value is -2.61. The van der Waals surface area contributed by atoms with Crippen molar-refractivity contribution in [1.29, 1.82) is 0 Å². The van der Waals surface area contributed by atoms with Crippen molar-refractivity contribution in [2.75, 3.05) is 19.0 Å². The zero-order valence-corrected chi connectivity index (χ0v) is 14.5. The lowest BCUT2D eigenvalue weighted by molar-refractivity contribution is -0.140. The predicted octanol–water partition coefficient (Wildman–Crippen LogP) is 3.68. The maximum Gasteiger partial charge on any atom is 0.419 e. The molecule has 0 spiro atoms. The van der Waals surface area contributed by atoms with Crippen LogP contribution < -0.4 is 15.4 Å². The second kappa shape index (κ2) is 7.56. The van der Waals surface area contributed by atoms with E-state index in [2.05, 4.69) is 10.6 Å². The van der Waals surface area contributed by atoms with Gasteiger partial charge in [-0.15, -0.1) is 0 Å². The van der Waals surface area contributed by atoms with Gasteiger partial charge < -0.3 is 15.4 Å². The molecule has 144 valence electrons. The molecule has 27 heavy (non-hydrogen) atoms. The second-order valence-electron chi connectivity index (χ2n) is 6.24. The number of anilines is 1. The smallest absolute Gasteiger partial charge is 0.419 e. The number of methoxy groups -OCH3 is 1. The third-order valence-corrected chi connectivity index (χ3v) is 4.43. The number of carbonyl (C=O) groups is 1. The lowest BCUT2D eigenvalue weighted by Gasteiger charge is -2.22. The quantitative estimate of drug-likeness (QED) is 0.794. The van der Waals surface area contributed by atoms with Crippen molar-refractivity contribution in [2.24, 2.45) is 0 Å². The lowest BCUT2D eigenvalue weighted by Crippen LogP contribution is -2.26. The van der Waals surface area contributed by atoms with Crippen molar-refractivity contribution in [3.63, 3.8) is 0 Å². The van der Waals surface area contributed by atoms with Gasteiger partial charge in [-0.05, 0) is 47.9 Å². The molecule has 2 aromatic rings. The van der Waals surface area contributed by atoms with Crippen LogP contribution >= 0.6 is 0 Å². The summed E-state index contributed by atoms with van der Waals surface area (Å²) in [7, 11) is 1.49. The minimum atomic E-state index is -4.77. The van der Waals surface area contributed by atoms with Crippen LogP contribution in [0.4, 0.5) is 23.2 Å². The van der Waals surface area contributed by atoms with E-state index in [9.17, 15) is 22.4 Å². The Labute approximate surface area is 153 Å². The fourth-order valence-corrected chi connectivity index (χ4v) is 3.13. The molecule has 2 aromatic carbocycles. The lowest BCUT2D eigenvalue weighted by atomic mass is 9.98. The summed E-state index contributed by atoms with van der Waals surface area (Å²) in [4.78, 5) is 12.4. The number of alkyl halides is 3. The first-order chi connectivity index (χ1) is 12.8. The Balaban J connectivity index is 1.80. The normalized spacial score (nSPS) is 13.8.